The van der Waals surface area contributed by atoms with Crippen molar-refractivity contribution in [3.05, 3.63) is 69.1 Å². The van der Waals surface area contributed by atoms with Gasteiger partial charge in [-0.3, -0.25) is 4.79 Å². The Morgan fingerprint density at radius 3 is 2.47 bits per heavy atom. The molecule has 3 aromatic rings. The van der Waals surface area contributed by atoms with Crippen LogP contribution in [0.15, 0.2) is 40.3 Å². The Labute approximate surface area is 221 Å². The van der Waals surface area contributed by atoms with Gasteiger partial charge in [0.2, 0.25) is 0 Å². The van der Waals surface area contributed by atoms with Crippen LogP contribution in [0.2, 0.25) is 0 Å². The maximum Gasteiger partial charge on any atom is 0.255 e. The van der Waals surface area contributed by atoms with E-state index in [1.807, 2.05) is 27.8 Å². The van der Waals surface area contributed by atoms with Crippen molar-refractivity contribution < 1.29 is 13.6 Å². The molecule has 0 spiro atoms. The van der Waals surface area contributed by atoms with Crippen molar-refractivity contribution in [1.82, 2.24) is 9.55 Å². The molecule has 1 aliphatic rings. The summed E-state index contributed by atoms with van der Waals surface area (Å²) >= 11 is 0. The number of benzene rings is 1. The molecule has 0 unspecified atom stereocenters. The highest BCUT2D eigenvalue weighted by Crippen LogP contribution is 2.35. The summed E-state index contributed by atoms with van der Waals surface area (Å²) in [4.78, 5) is 25.3. The summed E-state index contributed by atoms with van der Waals surface area (Å²) in [6.07, 6.45) is 2.92. The lowest BCUT2D eigenvalue weighted by Crippen LogP contribution is -2.39. The monoisotopic (exact) mass is 521 g/mol. The Bertz CT molecular complexity index is 1490. The standard InChI is InChI=1S/C29H33F2N5O2/c1-17-27(26-24(36(6)28(17)37)14-10-20(16-32)33-26)35(5)21-11-7-18(8-12-21)25(34-38-29(2,3)4)22-13-9-19(30)15-23(22)31/h9-10,13-15,18,21H,7-8,11-12H2,1-6H3/b34-25-. The molecule has 0 atom stereocenters. The van der Waals surface area contributed by atoms with E-state index in [-0.39, 0.29) is 28.8 Å². The van der Waals surface area contributed by atoms with E-state index >= 15 is 0 Å². The zero-order valence-electron chi connectivity index (χ0n) is 22.7. The van der Waals surface area contributed by atoms with Crippen molar-refractivity contribution in [2.24, 2.45) is 18.1 Å². The molecular weight excluding hydrogens is 488 g/mol. The van der Waals surface area contributed by atoms with Crippen molar-refractivity contribution in [3.63, 3.8) is 0 Å². The number of oxime groups is 1. The highest BCUT2D eigenvalue weighted by molar-refractivity contribution is 6.02. The van der Waals surface area contributed by atoms with Gasteiger partial charge in [-0.25, -0.2) is 13.8 Å². The fourth-order valence-corrected chi connectivity index (χ4v) is 5.18. The fraction of sp³-hybridized carbons (Fsp3) is 0.448. The lowest BCUT2D eigenvalue weighted by molar-refractivity contribution is -0.0000721. The number of aromatic nitrogens is 2. The van der Waals surface area contributed by atoms with Crippen LogP contribution in [0.4, 0.5) is 14.5 Å². The minimum Gasteiger partial charge on any atom is -0.390 e. The maximum atomic E-state index is 14.8. The van der Waals surface area contributed by atoms with E-state index in [0.717, 1.165) is 24.6 Å². The first-order chi connectivity index (χ1) is 17.9. The molecule has 0 saturated heterocycles. The highest BCUT2D eigenvalue weighted by Gasteiger charge is 2.31. The summed E-state index contributed by atoms with van der Waals surface area (Å²) < 4.78 is 29.9. The van der Waals surface area contributed by atoms with Crippen molar-refractivity contribution in [1.29, 1.82) is 5.26 Å². The van der Waals surface area contributed by atoms with E-state index in [0.29, 0.717) is 35.2 Å². The first-order valence-corrected chi connectivity index (χ1v) is 12.8. The van der Waals surface area contributed by atoms with Crippen LogP contribution < -0.4 is 10.5 Å². The van der Waals surface area contributed by atoms with Gasteiger partial charge < -0.3 is 14.3 Å². The van der Waals surface area contributed by atoms with Gasteiger partial charge in [0.15, 0.2) is 0 Å². The number of pyridine rings is 2. The molecule has 9 heteroatoms. The smallest absolute Gasteiger partial charge is 0.255 e. The van der Waals surface area contributed by atoms with Gasteiger partial charge in [-0.15, -0.1) is 0 Å². The highest BCUT2D eigenvalue weighted by atomic mass is 19.1. The van der Waals surface area contributed by atoms with E-state index in [2.05, 4.69) is 21.1 Å². The second kappa shape index (κ2) is 10.5. The molecule has 1 fully saturated rings. The summed E-state index contributed by atoms with van der Waals surface area (Å²) in [5, 5.41) is 13.8. The third kappa shape index (κ3) is 5.40. The number of nitriles is 1. The van der Waals surface area contributed by atoms with Crippen LogP contribution in [0.25, 0.3) is 11.0 Å². The number of aryl methyl sites for hydroxylation is 1. The SMILES string of the molecule is Cc1c(N(C)C2CCC(/C(=N/OC(C)(C)C)c3ccc(F)cc3F)CC2)c2nc(C#N)ccc2n(C)c1=O. The molecule has 7 nitrogen and oxygen atoms in total. The summed E-state index contributed by atoms with van der Waals surface area (Å²) in [6, 6.07) is 9.07. The second-order valence-corrected chi connectivity index (χ2v) is 10.9. The first kappa shape index (κ1) is 27.2. The number of hydrogen-bond acceptors (Lipinski definition) is 6. The number of rotatable bonds is 5. The van der Waals surface area contributed by atoms with Crippen LogP contribution in [0, 0.1) is 35.8 Å². The molecule has 0 aliphatic heterocycles. The van der Waals surface area contributed by atoms with Gasteiger partial charge in [-0.05, 0) is 77.6 Å². The molecule has 1 aliphatic carbocycles. The molecular formula is C29H33F2N5O2. The Kier molecular flexibility index (Phi) is 7.54. The van der Waals surface area contributed by atoms with Gasteiger partial charge in [0.1, 0.15) is 34.5 Å². The fourth-order valence-electron chi connectivity index (χ4n) is 5.18. The van der Waals surface area contributed by atoms with Crippen molar-refractivity contribution in [2.75, 3.05) is 11.9 Å². The molecule has 0 N–H and O–H groups in total. The summed E-state index contributed by atoms with van der Waals surface area (Å²) in [5.74, 6) is -1.38. The predicted octanol–water partition coefficient (Wildman–Crippen LogP) is 5.61. The van der Waals surface area contributed by atoms with E-state index < -0.39 is 17.2 Å². The molecule has 38 heavy (non-hydrogen) atoms. The normalized spacial score (nSPS) is 18.3. The van der Waals surface area contributed by atoms with E-state index in [4.69, 9.17) is 4.84 Å². The third-order valence-electron chi connectivity index (χ3n) is 7.16. The van der Waals surface area contributed by atoms with E-state index in [9.17, 15) is 18.8 Å². The van der Waals surface area contributed by atoms with Crippen LogP contribution >= 0.6 is 0 Å². The molecule has 0 amide bonds. The molecule has 0 bridgehead atoms. The van der Waals surface area contributed by atoms with Gasteiger partial charge in [-0.1, -0.05) is 5.16 Å². The number of fused-ring (bicyclic) bond motifs is 1. The molecule has 1 saturated carbocycles. The summed E-state index contributed by atoms with van der Waals surface area (Å²) in [6.45, 7) is 7.38. The Balaban J connectivity index is 1.64. The molecule has 200 valence electrons. The van der Waals surface area contributed by atoms with Crippen LogP contribution in [0.5, 0.6) is 0 Å². The van der Waals surface area contributed by atoms with Crippen LogP contribution in [0.3, 0.4) is 0 Å². The number of anilines is 1. The maximum absolute atomic E-state index is 14.8. The van der Waals surface area contributed by atoms with Gasteiger partial charge in [0.25, 0.3) is 5.56 Å². The zero-order chi connectivity index (χ0) is 27.8. The zero-order valence-corrected chi connectivity index (χ0v) is 22.7. The number of hydrogen-bond donors (Lipinski definition) is 0. The van der Waals surface area contributed by atoms with Gasteiger partial charge in [0.05, 0.1) is 16.9 Å². The molecule has 4 rings (SSSR count). The van der Waals surface area contributed by atoms with Gasteiger partial charge >= 0.3 is 0 Å². The minimum atomic E-state index is -0.665. The molecule has 0 radical (unpaired) electrons. The first-order valence-electron chi connectivity index (χ1n) is 12.8. The number of nitrogens with zero attached hydrogens (tertiary/aromatic N) is 5. The summed E-state index contributed by atoms with van der Waals surface area (Å²) in [7, 11) is 3.65. The average molecular weight is 522 g/mol. The molecule has 2 aromatic heterocycles. The minimum absolute atomic E-state index is 0.0771. The van der Waals surface area contributed by atoms with Gasteiger partial charge in [0, 0.05) is 43.2 Å². The quantitative estimate of drug-likeness (QED) is 0.322. The van der Waals surface area contributed by atoms with Crippen LogP contribution in [-0.4, -0.2) is 34.0 Å². The Hall–Kier alpha value is -3.80. The van der Waals surface area contributed by atoms with Crippen LogP contribution in [-0.2, 0) is 11.9 Å². The second-order valence-electron chi connectivity index (χ2n) is 10.9. The van der Waals surface area contributed by atoms with Crippen LogP contribution in [0.1, 0.15) is 63.3 Å². The van der Waals surface area contributed by atoms with Crippen molar-refractivity contribution in [3.8, 4) is 6.07 Å². The van der Waals surface area contributed by atoms with Crippen molar-refractivity contribution >= 4 is 22.4 Å². The average Bonchev–Trinajstić information content (AvgIpc) is 2.88. The van der Waals surface area contributed by atoms with E-state index in [1.165, 1.54) is 12.1 Å². The largest absolute Gasteiger partial charge is 0.390 e. The third-order valence-corrected chi connectivity index (χ3v) is 7.16. The Morgan fingerprint density at radius 2 is 1.87 bits per heavy atom. The summed E-state index contributed by atoms with van der Waals surface area (Å²) in [5.41, 5.74) is 2.91. The Morgan fingerprint density at radius 1 is 1.18 bits per heavy atom. The number of halogens is 2. The lowest BCUT2D eigenvalue weighted by Gasteiger charge is -2.37. The van der Waals surface area contributed by atoms with Gasteiger partial charge in [-0.2, -0.15) is 5.26 Å². The molecule has 2 heterocycles. The lowest BCUT2D eigenvalue weighted by atomic mass is 9.80. The van der Waals surface area contributed by atoms with Crippen molar-refractivity contribution in [2.45, 2.75) is 65.0 Å². The predicted molar refractivity (Wildman–Crippen MR) is 144 cm³/mol. The molecule has 1 aromatic carbocycles. The topological polar surface area (TPSA) is 83.5 Å². The van der Waals surface area contributed by atoms with E-state index in [1.54, 1.807) is 30.7 Å².